The van der Waals surface area contributed by atoms with Crippen LogP contribution in [-0.4, -0.2) is 22.7 Å². The van der Waals surface area contributed by atoms with E-state index in [2.05, 4.69) is 5.32 Å². The average molecular weight is 313 g/mol. The minimum atomic E-state index is -0.964. The fourth-order valence-corrected chi connectivity index (χ4v) is 3.74. The van der Waals surface area contributed by atoms with Crippen molar-refractivity contribution in [1.29, 1.82) is 0 Å². The van der Waals surface area contributed by atoms with Crippen molar-refractivity contribution in [3.63, 3.8) is 0 Å². The van der Waals surface area contributed by atoms with Crippen LogP contribution in [0.1, 0.15) is 27.4 Å². The van der Waals surface area contributed by atoms with Crippen molar-refractivity contribution in [2.24, 2.45) is 0 Å². The molecule has 3 rings (SSSR count). The molecular formula is C17H15NO3S. The number of amides is 1. The number of aromatic carboxylic acids is 1. The Bertz CT molecular complexity index is 729. The molecule has 22 heavy (non-hydrogen) atoms. The molecule has 1 heterocycles. The number of benzene rings is 2. The molecular weight excluding hydrogens is 298 g/mol. The van der Waals surface area contributed by atoms with Gasteiger partial charge in [-0.1, -0.05) is 30.3 Å². The summed E-state index contributed by atoms with van der Waals surface area (Å²) in [5.74, 6) is -0.364. The molecule has 0 saturated heterocycles. The molecule has 0 radical (unpaired) electrons. The van der Waals surface area contributed by atoms with Gasteiger partial charge in [-0.15, -0.1) is 11.8 Å². The minimum absolute atomic E-state index is 0.0156. The molecule has 0 aliphatic carbocycles. The van der Waals surface area contributed by atoms with E-state index in [0.29, 0.717) is 6.54 Å². The molecule has 1 atom stereocenters. The van der Waals surface area contributed by atoms with E-state index < -0.39 is 5.97 Å². The summed E-state index contributed by atoms with van der Waals surface area (Å²) in [6.07, 6.45) is 0. The van der Waals surface area contributed by atoms with Gasteiger partial charge in [0.1, 0.15) is 0 Å². The zero-order valence-electron chi connectivity index (χ0n) is 11.8. The summed E-state index contributed by atoms with van der Waals surface area (Å²) in [5, 5.41) is 11.9. The van der Waals surface area contributed by atoms with Crippen LogP contribution >= 0.6 is 11.8 Å². The van der Waals surface area contributed by atoms with Gasteiger partial charge in [0.25, 0.3) is 0 Å². The Labute approximate surface area is 132 Å². The lowest BCUT2D eigenvalue weighted by Crippen LogP contribution is -2.29. The van der Waals surface area contributed by atoms with Gasteiger partial charge in [-0.05, 0) is 29.3 Å². The Balaban J connectivity index is 1.66. The predicted octanol–water partition coefficient (Wildman–Crippen LogP) is 2.89. The predicted molar refractivity (Wildman–Crippen MR) is 85.2 cm³/mol. The lowest BCUT2D eigenvalue weighted by atomic mass is 10.0. The summed E-state index contributed by atoms with van der Waals surface area (Å²) >= 11 is 1.69. The lowest BCUT2D eigenvalue weighted by Gasteiger charge is -2.12. The van der Waals surface area contributed by atoms with Crippen LogP contribution in [0.3, 0.4) is 0 Å². The Kier molecular flexibility index (Phi) is 4.15. The SMILES string of the molecule is O=C(O)c1cccc(CNC(=O)C2CSc3ccccc32)c1. The van der Waals surface area contributed by atoms with E-state index >= 15 is 0 Å². The van der Waals surface area contributed by atoms with Crippen LogP contribution in [0, 0.1) is 0 Å². The van der Waals surface area contributed by atoms with E-state index in [1.807, 2.05) is 30.3 Å². The van der Waals surface area contributed by atoms with Crippen molar-refractivity contribution in [1.82, 2.24) is 5.32 Å². The molecule has 0 spiro atoms. The standard InChI is InChI=1S/C17H15NO3S/c19-16(14-10-22-15-7-2-1-6-13(14)15)18-9-11-4-3-5-12(8-11)17(20)21/h1-8,14H,9-10H2,(H,18,19)(H,20,21). The van der Waals surface area contributed by atoms with Crippen LogP contribution in [0.15, 0.2) is 53.4 Å². The third kappa shape index (κ3) is 2.99. The molecule has 1 aliphatic heterocycles. The maximum Gasteiger partial charge on any atom is 0.335 e. The monoisotopic (exact) mass is 313 g/mol. The topological polar surface area (TPSA) is 66.4 Å². The third-order valence-electron chi connectivity index (χ3n) is 3.66. The van der Waals surface area contributed by atoms with E-state index in [1.165, 1.54) is 6.07 Å². The van der Waals surface area contributed by atoms with Gasteiger partial charge in [0.2, 0.25) is 5.91 Å². The smallest absolute Gasteiger partial charge is 0.335 e. The van der Waals surface area contributed by atoms with E-state index in [0.717, 1.165) is 21.8 Å². The number of rotatable bonds is 4. The number of carbonyl (C=O) groups is 2. The Morgan fingerprint density at radius 3 is 2.82 bits per heavy atom. The maximum absolute atomic E-state index is 12.4. The van der Waals surface area contributed by atoms with Crippen LogP contribution in [0.5, 0.6) is 0 Å². The van der Waals surface area contributed by atoms with Gasteiger partial charge in [0, 0.05) is 17.2 Å². The fraction of sp³-hybridized carbons (Fsp3) is 0.176. The van der Waals surface area contributed by atoms with Crippen molar-refractivity contribution < 1.29 is 14.7 Å². The summed E-state index contributed by atoms with van der Waals surface area (Å²) in [6.45, 7) is 0.337. The van der Waals surface area contributed by atoms with Gasteiger partial charge in [-0.3, -0.25) is 4.79 Å². The number of carboxylic acids is 1. The second-order valence-corrected chi connectivity index (χ2v) is 6.19. The first-order valence-corrected chi connectivity index (χ1v) is 7.95. The van der Waals surface area contributed by atoms with Crippen molar-refractivity contribution in [2.45, 2.75) is 17.4 Å². The van der Waals surface area contributed by atoms with Crippen molar-refractivity contribution >= 4 is 23.6 Å². The van der Waals surface area contributed by atoms with Gasteiger partial charge >= 0.3 is 5.97 Å². The van der Waals surface area contributed by atoms with E-state index in [1.54, 1.807) is 23.9 Å². The lowest BCUT2D eigenvalue weighted by molar-refractivity contribution is -0.122. The molecule has 1 unspecified atom stereocenters. The van der Waals surface area contributed by atoms with Crippen LogP contribution in [0.2, 0.25) is 0 Å². The average Bonchev–Trinajstić information content (AvgIpc) is 2.97. The number of hydrogen-bond acceptors (Lipinski definition) is 3. The van der Waals surface area contributed by atoms with E-state index in [-0.39, 0.29) is 17.4 Å². The quantitative estimate of drug-likeness (QED) is 0.911. The largest absolute Gasteiger partial charge is 0.478 e. The molecule has 2 N–H and O–H groups in total. The van der Waals surface area contributed by atoms with Crippen LogP contribution in [-0.2, 0) is 11.3 Å². The highest BCUT2D eigenvalue weighted by atomic mass is 32.2. The molecule has 1 amide bonds. The number of thioether (sulfide) groups is 1. The van der Waals surface area contributed by atoms with E-state index in [9.17, 15) is 9.59 Å². The van der Waals surface area contributed by atoms with E-state index in [4.69, 9.17) is 5.11 Å². The molecule has 5 heteroatoms. The Morgan fingerprint density at radius 2 is 2.00 bits per heavy atom. The first kappa shape index (κ1) is 14.7. The van der Waals surface area contributed by atoms with Crippen LogP contribution in [0.25, 0.3) is 0 Å². The molecule has 2 aromatic carbocycles. The molecule has 0 fully saturated rings. The molecule has 0 aromatic heterocycles. The van der Waals surface area contributed by atoms with Crippen LogP contribution in [0.4, 0.5) is 0 Å². The fourth-order valence-electron chi connectivity index (χ4n) is 2.51. The van der Waals surface area contributed by atoms with Crippen molar-refractivity contribution in [3.05, 3.63) is 65.2 Å². The summed E-state index contributed by atoms with van der Waals surface area (Å²) in [7, 11) is 0. The molecule has 112 valence electrons. The minimum Gasteiger partial charge on any atom is -0.478 e. The van der Waals surface area contributed by atoms with Gasteiger partial charge in [0.15, 0.2) is 0 Å². The molecule has 2 aromatic rings. The maximum atomic E-state index is 12.4. The second-order valence-electron chi connectivity index (χ2n) is 5.12. The molecule has 0 saturated carbocycles. The first-order valence-electron chi connectivity index (χ1n) is 6.97. The normalized spacial score (nSPS) is 16.1. The van der Waals surface area contributed by atoms with Gasteiger partial charge in [0.05, 0.1) is 11.5 Å². The summed E-state index contributed by atoms with van der Waals surface area (Å²) in [6, 6.07) is 14.6. The summed E-state index contributed by atoms with van der Waals surface area (Å²) in [5.41, 5.74) is 2.09. The second kappa shape index (κ2) is 6.23. The number of carbonyl (C=O) groups excluding carboxylic acids is 1. The third-order valence-corrected chi connectivity index (χ3v) is 4.84. The van der Waals surface area contributed by atoms with Crippen molar-refractivity contribution in [2.75, 3.05) is 5.75 Å². The number of hydrogen-bond donors (Lipinski definition) is 2. The van der Waals surface area contributed by atoms with Gasteiger partial charge < -0.3 is 10.4 Å². The highest BCUT2D eigenvalue weighted by Gasteiger charge is 2.28. The summed E-state index contributed by atoms with van der Waals surface area (Å²) in [4.78, 5) is 24.5. The molecule has 0 bridgehead atoms. The number of carboxylic acid groups (broad SMARTS) is 1. The number of fused-ring (bicyclic) bond motifs is 1. The summed E-state index contributed by atoms with van der Waals surface area (Å²) < 4.78 is 0. The molecule has 1 aliphatic rings. The van der Waals surface area contributed by atoms with Gasteiger partial charge in [-0.25, -0.2) is 4.79 Å². The molecule has 4 nitrogen and oxygen atoms in total. The highest BCUT2D eigenvalue weighted by Crippen LogP contribution is 2.39. The van der Waals surface area contributed by atoms with Crippen LogP contribution < -0.4 is 5.32 Å². The zero-order chi connectivity index (χ0) is 15.5. The Morgan fingerprint density at radius 1 is 1.18 bits per heavy atom. The first-order chi connectivity index (χ1) is 10.6. The zero-order valence-corrected chi connectivity index (χ0v) is 12.6. The number of nitrogens with one attached hydrogen (secondary N) is 1. The highest BCUT2D eigenvalue weighted by molar-refractivity contribution is 7.99. The van der Waals surface area contributed by atoms with Crippen molar-refractivity contribution in [3.8, 4) is 0 Å². The van der Waals surface area contributed by atoms with Gasteiger partial charge in [-0.2, -0.15) is 0 Å². The Hall–Kier alpha value is -2.27.